The predicted molar refractivity (Wildman–Crippen MR) is 84.4 cm³/mol. The van der Waals surface area contributed by atoms with Crippen LogP contribution in [0.3, 0.4) is 0 Å². The average Bonchev–Trinajstić information content (AvgIpc) is 2.47. The highest BCUT2D eigenvalue weighted by Gasteiger charge is 2.29. The molecule has 2 aliphatic rings. The lowest BCUT2D eigenvalue weighted by Gasteiger charge is -2.34. The molecule has 2 rings (SSSR count). The second kappa shape index (κ2) is 7.92. The number of likely N-dealkylation sites (tertiary alicyclic amines) is 1. The van der Waals surface area contributed by atoms with E-state index in [1.54, 1.807) is 11.9 Å². The third-order valence-corrected chi connectivity index (χ3v) is 4.38. The molecule has 2 atom stereocenters. The van der Waals surface area contributed by atoms with Crippen molar-refractivity contribution >= 4 is 11.8 Å². The summed E-state index contributed by atoms with van der Waals surface area (Å²) in [7, 11) is 1.79. The zero-order chi connectivity index (χ0) is 16.1. The lowest BCUT2D eigenvalue weighted by Crippen LogP contribution is -2.50. The Kier molecular flexibility index (Phi) is 6.20. The molecule has 2 aliphatic heterocycles. The summed E-state index contributed by atoms with van der Waals surface area (Å²) in [5.74, 6) is 0.507. The van der Waals surface area contributed by atoms with E-state index in [-0.39, 0.29) is 23.8 Å². The zero-order valence-electron chi connectivity index (χ0n) is 14.0. The van der Waals surface area contributed by atoms with Gasteiger partial charge in [-0.3, -0.25) is 14.5 Å². The van der Waals surface area contributed by atoms with Crippen molar-refractivity contribution < 1.29 is 14.3 Å². The molecule has 2 saturated heterocycles. The molecule has 0 aromatic carbocycles. The summed E-state index contributed by atoms with van der Waals surface area (Å²) in [6, 6.07) is 0. The van der Waals surface area contributed by atoms with E-state index in [1.807, 2.05) is 0 Å². The van der Waals surface area contributed by atoms with Crippen molar-refractivity contribution in [3.05, 3.63) is 0 Å². The van der Waals surface area contributed by atoms with Gasteiger partial charge in [-0.15, -0.1) is 0 Å². The van der Waals surface area contributed by atoms with Crippen molar-refractivity contribution in [3.8, 4) is 0 Å². The van der Waals surface area contributed by atoms with Crippen molar-refractivity contribution in [2.24, 2.45) is 11.8 Å². The summed E-state index contributed by atoms with van der Waals surface area (Å²) in [4.78, 5) is 28.0. The highest BCUT2D eigenvalue weighted by Crippen LogP contribution is 2.17. The van der Waals surface area contributed by atoms with Crippen molar-refractivity contribution in [1.82, 2.24) is 15.1 Å². The van der Waals surface area contributed by atoms with E-state index in [2.05, 4.69) is 24.1 Å². The molecule has 2 heterocycles. The number of amides is 2. The summed E-state index contributed by atoms with van der Waals surface area (Å²) >= 11 is 0. The van der Waals surface area contributed by atoms with Crippen molar-refractivity contribution in [3.63, 3.8) is 0 Å². The molecule has 0 aromatic heterocycles. The Balaban J connectivity index is 1.73. The Morgan fingerprint density at radius 2 is 2.18 bits per heavy atom. The fourth-order valence-corrected chi connectivity index (χ4v) is 3.11. The van der Waals surface area contributed by atoms with Crippen LogP contribution in [0.15, 0.2) is 0 Å². The summed E-state index contributed by atoms with van der Waals surface area (Å²) < 4.78 is 5.73. The number of piperidine rings is 1. The van der Waals surface area contributed by atoms with Crippen LogP contribution in [0.25, 0.3) is 0 Å². The maximum Gasteiger partial charge on any atom is 0.223 e. The Labute approximate surface area is 133 Å². The van der Waals surface area contributed by atoms with E-state index < -0.39 is 0 Å². The van der Waals surface area contributed by atoms with Gasteiger partial charge in [0.15, 0.2) is 0 Å². The number of hydrogen-bond donors (Lipinski definition) is 1. The van der Waals surface area contributed by atoms with Gasteiger partial charge in [0.25, 0.3) is 0 Å². The van der Waals surface area contributed by atoms with E-state index in [0.29, 0.717) is 25.4 Å². The number of nitrogens with one attached hydrogen (secondary N) is 1. The van der Waals surface area contributed by atoms with Crippen LogP contribution in [0, 0.1) is 11.8 Å². The molecule has 0 aromatic rings. The summed E-state index contributed by atoms with van der Waals surface area (Å²) in [5, 5.41) is 2.97. The van der Waals surface area contributed by atoms with E-state index in [1.165, 1.54) is 0 Å². The second-order valence-electron chi connectivity index (χ2n) is 6.90. The molecule has 6 nitrogen and oxygen atoms in total. The smallest absolute Gasteiger partial charge is 0.223 e. The van der Waals surface area contributed by atoms with Gasteiger partial charge in [0, 0.05) is 52.1 Å². The van der Waals surface area contributed by atoms with Crippen LogP contribution in [0.1, 0.15) is 26.7 Å². The number of morpholine rings is 1. The fourth-order valence-electron chi connectivity index (χ4n) is 3.11. The lowest BCUT2D eigenvalue weighted by atomic mass is 9.95. The van der Waals surface area contributed by atoms with Gasteiger partial charge in [-0.25, -0.2) is 0 Å². The van der Waals surface area contributed by atoms with Crippen LogP contribution in [0.4, 0.5) is 0 Å². The summed E-state index contributed by atoms with van der Waals surface area (Å²) in [5.41, 5.74) is 0. The third kappa shape index (κ3) is 4.95. The molecular weight excluding hydrogens is 282 g/mol. The third-order valence-electron chi connectivity index (χ3n) is 4.38. The monoisotopic (exact) mass is 311 g/mol. The van der Waals surface area contributed by atoms with Crippen molar-refractivity contribution in [1.29, 1.82) is 0 Å². The minimum Gasteiger partial charge on any atom is -0.374 e. The number of hydrogen-bond acceptors (Lipinski definition) is 4. The summed E-state index contributed by atoms with van der Waals surface area (Å²) in [6.07, 6.45) is 1.13. The lowest BCUT2D eigenvalue weighted by molar-refractivity contribution is -0.139. The van der Waals surface area contributed by atoms with Crippen LogP contribution >= 0.6 is 0 Å². The van der Waals surface area contributed by atoms with E-state index >= 15 is 0 Å². The van der Waals surface area contributed by atoms with Crippen LogP contribution in [0.5, 0.6) is 0 Å². The predicted octanol–water partition coefficient (Wildman–Crippen LogP) is 0.328. The Hall–Kier alpha value is -1.14. The minimum absolute atomic E-state index is 0.00830. The van der Waals surface area contributed by atoms with Gasteiger partial charge in [0.1, 0.15) is 0 Å². The summed E-state index contributed by atoms with van der Waals surface area (Å²) in [6.45, 7) is 9.24. The van der Waals surface area contributed by atoms with Crippen LogP contribution in [0.2, 0.25) is 0 Å². The highest BCUT2D eigenvalue weighted by molar-refractivity contribution is 5.86. The second-order valence-corrected chi connectivity index (χ2v) is 6.90. The molecule has 0 bridgehead atoms. The van der Waals surface area contributed by atoms with E-state index in [0.717, 1.165) is 32.7 Å². The first-order valence-electron chi connectivity index (χ1n) is 8.31. The molecule has 1 N–H and O–H groups in total. The Morgan fingerprint density at radius 1 is 1.41 bits per heavy atom. The largest absolute Gasteiger partial charge is 0.374 e. The SMILES string of the molecule is CC(C)CN1CCO[C@H](CNC(=O)[C@@H]2CCN(C)C(=O)C2)C1. The number of rotatable bonds is 5. The molecule has 0 spiro atoms. The molecule has 0 aliphatic carbocycles. The normalized spacial score (nSPS) is 27.3. The molecule has 0 radical (unpaired) electrons. The molecule has 2 fully saturated rings. The van der Waals surface area contributed by atoms with Gasteiger partial charge < -0.3 is 15.0 Å². The van der Waals surface area contributed by atoms with Gasteiger partial charge in [-0.1, -0.05) is 13.8 Å². The fraction of sp³-hybridized carbons (Fsp3) is 0.875. The Bertz CT molecular complexity index is 400. The van der Waals surface area contributed by atoms with Crippen LogP contribution in [-0.4, -0.2) is 74.1 Å². The molecular formula is C16H29N3O3. The minimum atomic E-state index is -0.181. The highest BCUT2D eigenvalue weighted by atomic mass is 16.5. The number of ether oxygens (including phenoxy) is 1. The molecule has 126 valence electrons. The van der Waals surface area contributed by atoms with E-state index in [4.69, 9.17) is 4.74 Å². The van der Waals surface area contributed by atoms with Gasteiger partial charge in [0.2, 0.25) is 11.8 Å². The molecule has 0 unspecified atom stereocenters. The first-order valence-corrected chi connectivity index (χ1v) is 8.31. The van der Waals surface area contributed by atoms with Crippen LogP contribution < -0.4 is 5.32 Å². The zero-order valence-corrected chi connectivity index (χ0v) is 14.0. The molecule has 0 saturated carbocycles. The quantitative estimate of drug-likeness (QED) is 0.795. The number of carbonyl (C=O) groups is 2. The average molecular weight is 311 g/mol. The van der Waals surface area contributed by atoms with Gasteiger partial charge >= 0.3 is 0 Å². The first-order chi connectivity index (χ1) is 10.5. The Morgan fingerprint density at radius 3 is 2.86 bits per heavy atom. The van der Waals surface area contributed by atoms with Crippen molar-refractivity contribution in [2.45, 2.75) is 32.8 Å². The van der Waals surface area contributed by atoms with Gasteiger partial charge in [-0.2, -0.15) is 0 Å². The molecule has 2 amide bonds. The van der Waals surface area contributed by atoms with Gasteiger partial charge in [-0.05, 0) is 12.3 Å². The topological polar surface area (TPSA) is 61.9 Å². The van der Waals surface area contributed by atoms with Gasteiger partial charge in [0.05, 0.1) is 12.7 Å². The maximum absolute atomic E-state index is 12.2. The molecule has 6 heteroatoms. The number of carbonyl (C=O) groups excluding carboxylic acids is 2. The first kappa shape index (κ1) is 17.2. The van der Waals surface area contributed by atoms with E-state index in [9.17, 15) is 9.59 Å². The standard InChI is InChI=1S/C16H29N3O3/c1-12(2)10-19-6-7-22-14(11-19)9-17-16(21)13-4-5-18(3)15(20)8-13/h12-14H,4-11H2,1-3H3,(H,17,21)/t13-,14-/m1/s1. The van der Waals surface area contributed by atoms with Crippen LogP contribution in [-0.2, 0) is 14.3 Å². The van der Waals surface area contributed by atoms with Crippen molar-refractivity contribution in [2.75, 3.05) is 46.4 Å². The molecule has 22 heavy (non-hydrogen) atoms. The maximum atomic E-state index is 12.2. The number of nitrogens with zero attached hydrogens (tertiary/aromatic N) is 2.